The Morgan fingerprint density at radius 1 is 0.931 bits per heavy atom. The van der Waals surface area contributed by atoms with Gasteiger partial charge in [0.15, 0.2) is 5.78 Å². The summed E-state index contributed by atoms with van der Waals surface area (Å²) in [6.07, 6.45) is -10.5. The van der Waals surface area contributed by atoms with Gasteiger partial charge in [-0.05, 0) is 25.1 Å². The lowest BCUT2D eigenvalue weighted by Gasteiger charge is -2.21. The van der Waals surface area contributed by atoms with Crippen molar-refractivity contribution in [2.24, 2.45) is 0 Å². The molecule has 0 saturated carbocycles. The highest BCUT2D eigenvalue weighted by atomic mass is 31.2. The maximum absolute atomic E-state index is 13.4. The fourth-order valence-electron chi connectivity index (χ4n) is 2.70. The molecule has 0 aliphatic carbocycles. The molecule has 0 aliphatic rings. The van der Waals surface area contributed by atoms with Crippen molar-refractivity contribution in [2.45, 2.75) is 19.3 Å². The quantitative estimate of drug-likeness (QED) is 0.340. The molecular formula is C18H15F6O4P. The van der Waals surface area contributed by atoms with Crippen LogP contribution in [0.3, 0.4) is 0 Å². The van der Waals surface area contributed by atoms with Gasteiger partial charge in [0.2, 0.25) is 0 Å². The van der Waals surface area contributed by atoms with E-state index in [-0.39, 0.29) is 6.61 Å². The summed E-state index contributed by atoms with van der Waals surface area (Å²) < 4.78 is 103. The first kappa shape index (κ1) is 23.1. The Balaban J connectivity index is 2.83. The number of rotatable bonds is 6. The molecule has 2 aromatic carbocycles. The first-order valence-corrected chi connectivity index (χ1v) is 9.63. The molecule has 0 radical (unpaired) electrons. The number of alkyl halides is 6. The molecule has 0 aromatic heterocycles. The smallest absolute Gasteiger partial charge is 0.309 e. The van der Waals surface area contributed by atoms with Crippen LogP contribution in [0.4, 0.5) is 26.3 Å². The number of ketones is 1. The number of benzene rings is 2. The summed E-state index contributed by atoms with van der Waals surface area (Å²) in [6.45, 7) is 1.32. The predicted octanol–water partition coefficient (Wildman–Crippen LogP) is 5.46. The van der Waals surface area contributed by atoms with Crippen molar-refractivity contribution in [3.05, 3.63) is 64.7 Å². The second-order valence-corrected chi connectivity index (χ2v) is 7.77. The van der Waals surface area contributed by atoms with Crippen LogP contribution in [-0.2, 0) is 26.0 Å². The van der Waals surface area contributed by atoms with Gasteiger partial charge >= 0.3 is 19.9 Å². The zero-order chi connectivity index (χ0) is 22.0. The Bertz CT molecular complexity index is 920. The van der Waals surface area contributed by atoms with E-state index in [1.165, 1.54) is 19.1 Å². The fourth-order valence-corrected chi connectivity index (χ4v) is 4.22. The first-order valence-electron chi connectivity index (χ1n) is 8.08. The van der Waals surface area contributed by atoms with Crippen LogP contribution in [0.1, 0.15) is 34.0 Å². The van der Waals surface area contributed by atoms with Crippen LogP contribution in [0.5, 0.6) is 0 Å². The zero-order valence-corrected chi connectivity index (χ0v) is 16.0. The number of carbonyl (C=O) groups excluding carboxylic acids is 1. The SMILES string of the molecule is CCOP(=O)(OC)c1ccccc1C(=O)c1c(C(F)(F)F)cccc1C(F)(F)F. The first-order chi connectivity index (χ1) is 13.4. The van der Waals surface area contributed by atoms with E-state index in [4.69, 9.17) is 9.05 Å². The molecule has 0 amide bonds. The number of hydrogen-bond donors (Lipinski definition) is 0. The van der Waals surface area contributed by atoms with Gasteiger partial charge in [0.05, 0.1) is 23.0 Å². The van der Waals surface area contributed by atoms with Gasteiger partial charge < -0.3 is 9.05 Å². The minimum Gasteiger partial charge on any atom is -0.309 e. The van der Waals surface area contributed by atoms with Gasteiger partial charge in [-0.3, -0.25) is 9.36 Å². The highest BCUT2D eigenvalue weighted by molar-refractivity contribution is 7.62. The third-order valence-corrected chi connectivity index (χ3v) is 5.94. The highest BCUT2D eigenvalue weighted by Crippen LogP contribution is 2.48. The lowest BCUT2D eigenvalue weighted by atomic mass is 9.92. The Morgan fingerprint density at radius 3 is 1.90 bits per heavy atom. The molecule has 0 aliphatic heterocycles. The van der Waals surface area contributed by atoms with Gasteiger partial charge in [-0.2, -0.15) is 26.3 Å². The van der Waals surface area contributed by atoms with E-state index in [0.717, 1.165) is 19.2 Å². The minimum absolute atomic E-state index is 0.138. The van der Waals surface area contributed by atoms with Crippen LogP contribution < -0.4 is 5.30 Å². The van der Waals surface area contributed by atoms with E-state index in [9.17, 15) is 35.7 Å². The lowest BCUT2D eigenvalue weighted by molar-refractivity contribution is -0.143. The van der Waals surface area contributed by atoms with Crippen molar-refractivity contribution in [3.8, 4) is 0 Å². The monoisotopic (exact) mass is 440 g/mol. The summed E-state index contributed by atoms with van der Waals surface area (Å²) in [6, 6.07) is 5.90. The van der Waals surface area contributed by atoms with E-state index < -0.39 is 53.3 Å². The molecule has 29 heavy (non-hydrogen) atoms. The largest absolute Gasteiger partial charge is 0.417 e. The average Bonchev–Trinajstić information content (AvgIpc) is 2.65. The van der Waals surface area contributed by atoms with Crippen LogP contribution >= 0.6 is 7.60 Å². The molecule has 2 aromatic rings. The second kappa shape index (κ2) is 8.30. The standard InChI is InChI=1S/C18H15F6O4P/c1-3-28-29(26,27-2)14-10-5-4-7-11(14)16(25)15-12(17(19,20)21)8-6-9-13(15)18(22,23)24/h4-10H,3H2,1-2H3. The van der Waals surface area contributed by atoms with Crippen LogP contribution in [0, 0.1) is 0 Å². The number of carbonyl (C=O) groups is 1. The summed E-state index contributed by atoms with van der Waals surface area (Å²) in [5, 5.41) is -0.431. The van der Waals surface area contributed by atoms with E-state index >= 15 is 0 Å². The van der Waals surface area contributed by atoms with Gasteiger partial charge in [0.1, 0.15) is 0 Å². The molecular weight excluding hydrogens is 425 g/mol. The topological polar surface area (TPSA) is 52.6 Å². The Morgan fingerprint density at radius 2 is 1.45 bits per heavy atom. The molecule has 1 atom stereocenters. The van der Waals surface area contributed by atoms with E-state index in [1.54, 1.807) is 0 Å². The van der Waals surface area contributed by atoms with Crippen molar-refractivity contribution in [1.29, 1.82) is 0 Å². The number of hydrogen-bond acceptors (Lipinski definition) is 4. The van der Waals surface area contributed by atoms with Crippen LogP contribution in [0.15, 0.2) is 42.5 Å². The maximum atomic E-state index is 13.4. The van der Waals surface area contributed by atoms with E-state index in [1.807, 2.05) is 0 Å². The molecule has 0 bridgehead atoms. The van der Waals surface area contributed by atoms with Gasteiger partial charge in [-0.1, -0.05) is 24.3 Å². The van der Waals surface area contributed by atoms with Gasteiger partial charge in [0.25, 0.3) is 0 Å². The summed E-state index contributed by atoms with van der Waals surface area (Å²) in [5.41, 5.74) is -5.74. The van der Waals surface area contributed by atoms with E-state index in [2.05, 4.69) is 0 Å². The van der Waals surface area contributed by atoms with Crippen molar-refractivity contribution < 1.29 is 44.7 Å². The van der Waals surface area contributed by atoms with Crippen molar-refractivity contribution >= 4 is 18.7 Å². The Kier molecular flexibility index (Phi) is 6.61. The van der Waals surface area contributed by atoms with Crippen LogP contribution in [-0.4, -0.2) is 19.5 Å². The van der Waals surface area contributed by atoms with Crippen molar-refractivity contribution in [3.63, 3.8) is 0 Å². The maximum Gasteiger partial charge on any atom is 0.417 e. The van der Waals surface area contributed by atoms with Crippen LogP contribution in [0.2, 0.25) is 0 Å². The molecule has 0 saturated heterocycles. The Hall–Kier alpha value is -2.16. The van der Waals surface area contributed by atoms with Crippen molar-refractivity contribution in [2.75, 3.05) is 13.7 Å². The highest BCUT2D eigenvalue weighted by Gasteiger charge is 2.44. The van der Waals surface area contributed by atoms with Gasteiger partial charge in [-0.15, -0.1) is 0 Å². The van der Waals surface area contributed by atoms with Crippen molar-refractivity contribution in [1.82, 2.24) is 0 Å². The molecule has 2 rings (SSSR count). The molecule has 4 nitrogen and oxygen atoms in total. The molecule has 0 fully saturated rings. The lowest BCUT2D eigenvalue weighted by Crippen LogP contribution is -2.25. The second-order valence-electron chi connectivity index (χ2n) is 5.67. The molecule has 1 unspecified atom stereocenters. The minimum atomic E-state index is -5.23. The van der Waals surface area contributed by atoms with Gasteiger partial charge in [0, 0.05) is 18.2 Å². The normalized spacial score (nSPS) is 14.5. The summed E-state index contributed by atoms with van der Waals surface area (Å²) in [4.78, 5) is 12.9. The Labute approximate surface area is 162 Å². The number of halogens is 6. The molecule has 158 valence electrons. The average molecular weight is 440 g/mol. The molecule has 0 spiro atoms. The molecule has 0 heterocycles. The van der Waals surface area contributed by atoms with Crippen LogP contribution in [0.25, 0.3) is 0 Å². The van der Waals surface area contributed by atoms with E-state index in [0.29, 0.717) is 18.2 Å². The predicted molar refractivity (Wildman–Crippen MR) is 92.2 cm³/mol. The molecule has 0 N–H and O–H groups in total. The third-order valence-electron chi connectivity index (χ3n) is 3.89. The fraction of sp³-hybridized carbons (Fsp3) is 0.278. The zero-order valence-electron chi connectivity index (χ0n) is 15.1. The summed E-state index contributed by atoms with van der Waals surface area (Å²) in [7, 11) is -3.17. The summed E-state index contributed by atoms with van der Waals surface area (Å²) in [5.74, 6) is -1.60. The van der Waals surface area contributed by atoms with Gasteiger partial charge in [-0.25, -0.2) is 0 Å². The third kappa shape index (κ3) is 4.71. The molecule has 11 heteroatoms. The summed E-state index contributed by atoms with van der Waals surface area (Å²) >= 11 is 0.